The van der Waals surface area contributed by atoms with Crippen LogP contribution in [-0.2, 0) is 65.4 Å². The Labute approximate surface area is 619 Å². The number of carbonyl (C=O) groups is 4. The maximum atomic E-state index is 13.1. The molecule has 0 aliphatic carbocycles. The third kappa shape index (κ3) is 76.1. The first-order chi connectivity index (χ1) is 49.0. The molecule has 5 atom stereocenters. The van der Waals surface area contributed by atoms with Gasteiger partial charge in [-0.2, -0.15) is 0 Å². The second kappa shape index (κ2) is 74.9. The molecule has 0 fully saturated rings. The van der Waals surface area contributed by atoms with Crippen LogP contribution in [-0.4, -0.2) is 96.7 Å². The molecule has 0 rings (SSSR count). The van der Waals surface area contributed by atoms with Crippen LogP contribution in [0.5, 0.6) is 0 Å². The van der Waals surface area contributed by atoms with Gasteiger partial charge in [-0.15, -0.1) is 0 Å². The Bertz CT molecular complexity index is 1930. The first-order valence-corrected chi connectivity index (χ1v) is 45.6. The normalized spacial score (nSPS) is 13.8. The second-order valence-electron chi connectivity index (χ2n) is 30.0. The first kappa shape index (κ1) is 99.1. The largest absolute Gasteiger partial charge is 0.472 e. The van der Waals surface area contributed by atoms with Gasteiger partial charge in [0.25, 0.3) is 0 Å². The van der Waals surface area contributed by atoms with Crippen molar-refractivity contribution in [1.29, 1.82) is 0 Å². The summed E-state index contributed by atoms with van der Waals surface area (Å²) in [5.41, 5.74) is 0. The Morgan fingerprint density at radius 2 is 0.455 bits per heavy atom. The Kier molecular flexibility index (Phi) is 73.5. The predicted molar refractivity (Wildman–Crippen MR) is 414 cm³/mol. The summed E-state index contributed by atoms with van der Waals surface area (Å²) in [5, 5.41) is 10.6. The minimum absolute atomic E-state index is 0.108. The number of unbranched alkanes of at least 4 members (excludes halogenated alkanes) is 54. The van der Waals surface area contributed by atoms with E-state index < -0.39 is 97.5 Å². The van der Waals surface area contributed by atoms with Crippen LogP contribution >= 0.6 is 15.6 Å². The molecule has 600 valence electrons. The molecule has 17 nitrogen and oxygen atoms in total. The van der Waals surface area contributed by atoms with Crippen LogP contribution in [0.2, 0.25) is 0 Å². The molecule has 0 bridgehead atoms. The van der Waals surface area contributed by atoms with Crippen LogP contribution < -0.4 is 0 Å². The van der Waals surface area contributed by atoms with Crippen LogP contribution in [0.25, 0.3) is 0 Å². The molecule has 0 aromatic carbocycles. The molecular weight excluding hydrogens is 1320 g/mol. The lowest BCUT2D eigenvalue weighted by molar-refractivity contribution is -0.161. The van der Waals surface area contributed by atoms with Crippen molar-refractivity contribution in [3.8, 4) is 0 Å². The van der Waals surface area contributed by atoms with Crippen molar-refractivity contribution >= 4 is 39.5 Å². The summed E-state index contributed by atoms with van der Waals surface area (Å²) in [4.78, 5) is 73.0. The zero-order chi connectivity index (χ0) is 74.1. The Morgan fingerprint density at radius 1 is 0.267 bits per heavy atom. The highest BCUT2D eigenvalue weighted by Crippen LogP contribution is 2.45. The van der Waals surface area contributed by atoms with E-state index in [9.17, 15) is 43.2 Å². The van der Waals surface area contributed by atoms with E-state index in [1.165, 1.54) is 257 Å². The Balaban J connectivity index is 5.20. The average molecular weight is 1480 g/mol. The lowest BCUT2D eigenvalue weighted by Gasteiger charge is -2.21. The fraction of sp³-hybridized carbons (Fsp3) is 0.951. The van der Waals surface area contributed by atoms with Gasteiger partial charge >= 0.3 is 39.5 Å². The number of hydrogen-bond donors (Lipinski definition) is 3. The summed E-state index contributed by atoms with van der Waals surface area (Å²) in [6, 6.07) is 0. The SMILES string of the molecule is CCCCCCCCCCCCCCCCCCCCCCCCC(=O)O[C@H](COC(=O)CCCCCCCCCCCCCCCCC)COP(=O)(O)OC[C@@H](O)COP(=O)(O)OC[C@@H](COC(=O)CCCCCCCCCC(C)C)OC(=O)CCCCCCCCCCCCCCCC. The number of esters is 4. The molecule has 0 aromatic rings. The third-order valence-electron chi connectivity index (χ3n) is 19.3. The van der Waals surface area contributed by atoms with Crippen LogP contribution in [0.4, 0.5) is 0 Å². The molecule has 2 unspecified atom stereocenters. The average Bonchev–Trinajstić information content (AvgIpc) is 0.998. The molecule has 101 heavy (non-hydrogen) atoms. The van der Waals surface area contributed by atoms with Crippen molar-refractivity contribution in [2.24, 2.45) is 5.92 Å². The van der Waals surface area contributed by atoms with Gasteiger partial charge in [0.05, 0.1) is 26.4 Å². The number of carbonyl (C=O) groups excluding carboxylic acids is 4. The molecule has 0 saturated heterocycles. The third-order valence-corrected chi connectivity index (χ3v) is 21.2. The van der Waals surface area contributed by atoms with Gasteiger partial charge in [0.15, 0.2) is 12.2 Å². The van der Waals surface area contributed by atoms with E-state index in [-0.39, 0.29) is 25.7 Å². The zero-order valence-electron chi connectivity index (χ0n) is 66.1. The minimum Gasteiger partial charge on any atom is -0.462 e. The number of rotatable bonds is 82. The van der Waals surface area contributed by atoms with Crippen molar-refractivity contribution in [1.82, 2.24) is 0 Å². The minimum atomic E-state index is -4.96. The van der Waals surface area contributed by atoms with Crippen molar-refractivity contribution < 1.29 is 80.2 Å². The quantitative estimate of drug-likeness (QED) is 0.0222. The van der Waals surface area contributed by atoms with Gasteiger partial charge in [-0.25, -0.2) is 9.13 Å². The number of phosphoric ester groups is 2. The number of aliphatic hydroxyl groups excluding tert-OH is 1. The number of ether oxygens (including phenoxy) is 4. The molecule has 3 N–H and O–H groups in total. The van der Waals surface area contributed by atoms with E-state index in [1.807, 2.05) is 0 Å². The summed E-state index contributed by atoms with van der Waals surface area (Å²) >= 11 is 0. The smallest absolute Gasteiger partial charge is 0.462 e. The Morgan fingerprint density at radius 3 is 0.673 bits per heavy atom. The summed E-state index contributed by atoms with van der Waals surface area (Å²) in [5.74, 6) is -1.40. The van der Waals surface area contributed by atoms with Crippen LogP contribution in [0.3, 0.4) is 0 Å². The van der Waals surface area contributed by atoms with Gasteiger partial charge in [0.2, 0.25) is 0 Å². The molecule has 0 aliphatic rings. The highest BCUT2D eigenvalue weighted by atomic mass is 31.2. The lowest BCUT2D eigenvalue weighted by Crippen LogP contribution is -2.30. The standard InChI is InChI=1S/C82H160O17P2/c1-6-9-12-15-18-21-24-27-30-31-32-33-34-35-36-38-41-44-47-52-58-63-68-81(86)98-77(71-92-79(84)65-60-55-50-45-42-40-37-28-25-22-19-16-13-10-7-2)73-96-100(88,89)94-69-76(83)70-95-101(90,91)97-74-78(72-93-80(85)66-61-56-53-48-49-54-59-64-75(4)5)99-82(87)67-62-57-51-46-43-39-29-26-23-20-17-14-11-8-3/h75-78,83H,6-74H2,1-5H3,(H,88,89)(H,90,91)/t76-,77-,78-/m1/s1. The van der Waals surface area contributed by atoms with Crippen molar-refractivity contribution in [3.05, 3.63) is 0 Å². The van der Waals surface area contributed by atoms with Crippen molar-refractivity contribution in [2.75, 3.05) is 39.6 Å². The number of hydrogen-bond acceptors (Lipinski definition) is 15. The Hall–Kier alpha value is -1.94. The summed E-state index contributed by atoms with van der Waals surface area (Å²) in [6.45, 7) is 7.28. The van der Waals surface area contributed by atoms with E-state index in [0.717, 1.165) is 96.3 Å². The molecular formula is C82H160O17P2. The molecule has 0 aliphatic heterocycles. The highest BCUT2D eigenvalue weighted by molar-refractivity contribution is 7.47. The highest BCUT2D eigenvalue weighted by Gasteiger charge is 2.30. The number of phosphoric acid groups is 2. The maximum absolute atomic E-state index is 13.1. The lowest BCUT2D eigenvalue weighted by atomic mass is 10.0. The van der Waals surface area contributed by atoms with Gasteiger partial charge in [0, 0.05) is 25.7 Å². The van der Waals surface area contributed by atoms with E-state index >= 15 is 0 Å². The van der Waals surface area contributed by atoms with E-state index in [1.54, 1.807) is 0 Å². The predicted octanol–water partition coefficient (Wildman–Crippen LogP) is 24.8. The molecule has 19 heteroatoms. The summed E-state index contributed by atoms with van der Waals surface area (Å²) in [7, 11) is -9.92. The van der Waals surface area contributed by atoms with Crippen molar-refractivity contribution in [3.63, 3.8) is 0 Å². The molecule has 0 heterocycles. The molecule has 0 saturated carbocycles. The van der Waals surface area contributed by atoms with E-state index in [0.29, 0.717) is 31.6 Å². The molecule has 0 radical (unpaired) electrons. The number of aliphatic hydroxyl groups is 1. The van der Waals surface area contributed by atoms with Gasteiger partial charge < -0.3 is 33.8 Å². The second-order valence-corrected chi connectivity index (χ2v) is 32.9. The van der Waals surface area contributed by atoms with Gasteiger partial charge in [0.1, 0.15) is 19.3 Å². The molecule has 0 amide bonds. The fourth-order valence-corrected chi connectivity index (χ4v) is 14.3. The topological polar surface area (TPSA) is 237 Å². The zero-order valence-corrected chi connectivity index (χ0v) is 67.8. The van der Waals surface area contributed by atoms with Gasteiger partial charge in [-0.1, -0.05) is 388 Å². The summed E-state index contributed by atoms with van der Waals surface area (Å²) < 4.78 is 68.7. The molecule has 0 aromatic heterocycles. The van der Waals surface area contributed by atoms with Crippen molar-refractivity contribution in [2.45, 2.75) is 457 Å². The van der Waals surface area contributed by atoms with E-state index in [4.69, 9.17) is 37.0 Å². The maximum Gasteiger partial charge on any atom is 0.472 e. The van der Waals surface area contributed by atoms with E-state index in [2.05, 4.69) is 34.6 Å². The van der Waals surface area contributed by atoms with Crippen LogP contribution in [0.1, 0.15) is 439 Å². The van der Waals surface area contributed by atoms with Crippen LogP contribution in [0.15, 0.2) is 0 Å². The van der Waals surface area contributed by atoms with Gasteiger partial charge in [-0.05, 0) is 31.6 Å². The van der Waals surface area contributed by atoms with Crippen LogP contribution in [0, 0.1) is 5.92 Å². The monoisotopic (exact) mass is 1480 g/mol. The first-order valence-electron chi connectivity index (χ1n) is 42.6. The van der Waals surface area contributed by atoms with Gasteiger partial charge in [-0.3, -0.25) is 37.3 Å². The fourth-order valence-electron chi connectivity index (χ4n) is 12.8. The summed E-state index contributed by atoms with van der Waals surface area (Å²) in [6.07, 6.45) is 66.8. The molecule has 0 spiro atoms.